The van der Waals surface area contributed by atoms with E-state index in [0.717, 1.165) is 59.2 Å². The number of anilines is 1. The van der Waals surface area contributed by atoms with E-state index in [0.29, 0.717) is 13.0 Å². The number of aliphatic hydroxyl groups excluding tert-OH is 2. The van der Waals surface area contributed by atoms with Crippen LogP contribution in [0.25, 0.3) is 10.9 Å². The lowest BCUT2D eigenvalue weighted by molar-refractivity contribution is 0.0697. The summed E-state index contributed by atoms with van der Waals surface area (Å²) in [6.07, 6.45) is 5.26. The number of aliphatic hydroxyl groups is 2. The number of fused-ring (bicyclic) bond motifs is 3. The first-order chi connectivity index (χ1) is 17.2. The van der Waals surface area contributed by atoms with Crippen LogP contribution in [0.4, 0.5) is 5.69 Å². The molecule has 1 spiro atoms. The second-order valence-electron chi connectivity index (χ2n) is 10.9. The van der Waals surface area contributed by atoms with Crippen molar-refractivity contribution >= 4 is 22.6 Å². The molecule has 1 unspecified atom stereocenters. The first-order valence-corrected chi connectivity index (χ1v) is 12.7. The van der Waals surface area contributed by atoms with E-state index in [2.05, 4.69) is 29.5 Å². The van der Waals surface area contributed by atoms with E-state index in [1.54, 1.807) is 18.2 Å². The predicted molar refractivity (Wildman–Crippen MR) is 139 cm³/mol. The van der Waals surface area contributed by atoms with Gasteiger partial charge in [-0.2, -0.15) is 0 Å². The molecule has 5 rings (SSSR count). The third-order valence-corrected chi connectivity index (χ3v) is 7.73. The minimum atomic E-state index is -0.947. The predicted octanol–water partition coefficient (Wildman–Crippen LogP) is 3.77. The molecule has 1 aliphatic heterocycles. The van der Waals surface area contributed by atoms with Gasteiger partial charge in [0.15, 0.2) is 0 Å². The zero-order valence-electron chi connectivity index (χ0n) is 20.8. The highest BCUT2D eigenvalue weighted by Gasteiger charge is 2.49. The molecule has 8 nitrogen and oxygen atoms in total. The lowest BCUT2D eigenvalue weighted by Crippen LogP contribution is -2.46. The number of ether oxygens (including phenoxy) is 1. The average Bonchev–Trinajstić information content (AvgIpc) is 3.55. The Morgan fingerprint density at radius 3 is 2.78 bits per heavy atom. The van der Waals surface area contributed by atoms with Crippen molar-refractivity contribution in [2.24, 2.45) is 0 Å². The molecule has 2 aromatic carbocycles. The molecule has 1 aliphatic carbocycles. The van der Waals surface area contributed by atoms with E-state index in [1.807, 2.05) is 24.4 Å². The molecule has 1 fully saturated rings. The zero-order valence-corrected chi connectivity index (χ0v) is 20.8. The van der Waals surface area contributed by atoms with Crippen molar-refractivity contribution in [3.05, 3.63) is 59.3 Å². The van der Waals surface area contributed by atoms with Crippen molar-refractivity contribution in [2.75, 3.05) is 18.5 Å². The third-order valence-electron chi connectivity index (χ3n) is 7.73. The van der Waals surface area contributed by atoms with Gasteiger partial charge in [-0.15, -0.1) is 0 Å². The molecular formula is C28H35N3O5. The maximum Gasteiger partial charge on any atom is 0.335 e. The second-order valence-corrected chi connectivity index (χ2v) is 10.9. The maximum absolute atomic E-state index is 11.4. The van der Waals surface area contributed by atoms with Gasteiger partial charge in [-0.25, -0.2) is 4.79 Å². The van der Waals surface area contributed by atoms with Crippen LogP contribution in [-0.2, 0) is 11.8 Å². The van der Waals surface area contributed by atoms with Gasteiger partial charge in [0, 0.05) is 45.8 Å². The molecule has 3 aromatic rings. The highest BCUT2D eigenvalue weighted by Crippen LogP contribution is 2.54. The first kappa shape index (κ1) is 24.6. The quantitative estimate of drug-likeness (QED) is 0.268. The molecular weight excluding hydrogens is 458 g/mol. The van der Waals surface area contributed by atoms with Crippen molar-refractivity contribution < 1.29 is 24.9 Å². The van der Waals surface area contributed by atoms with Crippen LogP contribution in [0.2, 0.25) is 0 Å². The minimum absolute atomic E-state index is 0.140. The normalized spacial score (nSPS) is 19.4. The third kappa shape index (κ3) is 4.56. The van der Waals surface area contributed by atoms with E-state index in [1.165, 1.54) is 0 Å². The van der Waals surface area contributed by atoms with Crippen molar-refractivity contribution in [3.8, 4) is 5.75 Å². The molecule has 1 saturated carbocycles. The van der Waals surface area contributed by atoms with Crippen LogP contribution in [0.15, 0.2) is 42.6 Å². The molecule has 2 atom stereocenters. The van der Waals surface area contributed by atoms with Crippen LogP contribution >= 0.6 is 0 Å². The van der Waals surface area contributed by atoms with E-state index in [9.17, 15) is 20.1 Å². The summed E-state index contributed by atoms with van der Waals surface area (Å²) in [7, 11) is 0. The summed E-state index contributed by atoms with van der Waals surface area (Å²) in [5, 5.41) is 38.3. The van der Waals surface area contributed by atoms with Crippen LogP contribution in [0, 0.1) is 0 Å². The highest BCUT2D eigenvalue weighted by molar-refractivity contribution is 5.94. The SMILES string of the molecule is CC(C)(Cc1c[nH]c2ccc(C(=O)O)cc12)NC[C@H](O)COc1cccc2c1C1(CCCC1)C(O)N2. The summed E-state index contributed by atoms with van der Waals surface area (Å²) < 4.78 is 6.11. The fraction of sp³-hybridized carbons (Fsp3) is 0.464. The van der Waals surface area contributed by atoms with Crippen LogP contribution in [0.3, 0.4) is 0 Å². The van der Waals surface area contributed by atoms with Crippen molar-refractivity contribution in [1.82, 2.24) is 10.3 Å². The van der Waals surface area contributed by atoms with Gasteiger partial charge in [-0.1, -0.05) is 18.9 Å². The van der Waals surface area contributed by atoms with E-state index < -0.39 is 18.3 Å². The van der Waals surface area contributed by atoms with Gasteiger partial charge in [-0.05, 0) is 69.0 Å². The average molecular weight is 494 g/mol. The topological polar surface area (TPSA) is 127 Å². The molecule has 6 N–H and O–H groups in total. The summed E-state index contributed by atoms with van der Waals surface area (Å²) in [6, 6.07) is 10.9. The van der Waals surface area contributed by atoms with Gasteiger partial charge in [0.25, 0.3) is 0 Å². The Kier molecular flexibility index (Phi) is 6.44. The summed E-state index contributed by atoms with van der Waals surface area (Å²) >= 11 is 0. The van der Waals surface area contributed by atoms with Crippen LogP contribution < -0.4 is 15.4 Å². The monoisotopic (exact) mass is 493 g/mol. The molecule has 36 heavy (non-hydrogen) atoms. The zero-order chi connectivity index (χ0) is 25.5. The molecule has 8 heteroatoms. The second kappa shape index (κ2) is 9.42. The number of carboxylic acids is 1. The molecule has 0 bridgehead atoms. The number of H-pyrrole nitrogens is 1. The lowest BCUT2D eigenvalue weighted by Gasteiger charge is -2.30. The Morgan fingerprint density at radius 1 is 1.25 bits per heavy atom. The fourth-order valence-electron chi connectivity index (χ4n) is 5.87. The van der Waals surface area contributed by atoms with Gasteiger partial charge >= 0.3 is 5.97 Å². The van der Waals surface area contributed by atoms with Crippen molar-refractivity contribution in [2.45, 2.75) is 69.2 Å². The van der Waals surface area contributed by atoms with E-state index in [-0.39, 0.29) is 23.1 Å². The smallest absolute Gasteiger partial charge is 0.335 e. The number of benzene rings is 2. The number of hydrogen-bond acceptors (Lipinski definition) is 6. The van der Waals surface area contributed by atoms with Crippen molar-refractivity contribution in [3.63, 3.8) is 0 Å². The number of aromatic amines is 1. The molecule has 192 valence electrons. The molecule has 1 aromatic heterocycles. The summed E-state index contributed by atoms with van der Waals surface area (Å²) in [5.74, 6) is -0.220. The summed E-state index contributed by atoms with van der Waals surface area (Å²) in [5.41, 5.74) is 3.48. The number of β-amino-alcohol motifs (C(OH)–C–C–N with tert-alkyl or cyclic N) is 1. The number of aromatic nitrogens is 1. The lowest BCUT2D eigenvalue weighted by atomic mass is 9.79. The standard InChI is InChI=1S/C28H35N3O5/c1-27(2,13-18-14-29-21-9-8-17(25(33)34)12-20(18)21)30-15-19(32)16-36-23-7-5-6-22-24(23)28(26(35)31-22)10-3-4-11-28/h5-9,12,14,19,26,29-32,35H,3-4,10-11,13,15-16H2,1-2H3,(H,33,34)/t19-,26?/m0/s1. The van der Waals surface area contributed by atoms with Crippen molar-refractivity contribution in [1.29, 1.82) is 0 Å². The molecule has 0 radical (unpaired) electrons. The van der Waals surface area contributed by atoms with E-state index >= 15 is 0 Å². The molecule has 2 heterocycles. The van der Waals surface area contributed by atoms with Crippen LogP contribution in [-0.4, -0.2) is 57.3 Å². The molecule has 0 amide bonds. The number of nitrogens with one attached hydrogen (secondary N) is 3. The van der Waals surface area contributed by atoms with Gasteiger partial charge in [0.1, 0.15) is 24.7 Å². The van der Waals surface area contributed by atoms with E-state index in [4.69, 9.17) is 4.74 Å². The highest BCUT2D eigenvalue weighted by atomic mass is 16.5. The number of carbonyl (C=O) groups is 1. The Morgan fingerprint density at radius 2 is 2.03 bits per heavy atom. The number of rotatable bonds is 9. The van der Waals surface area contributed by atoms with Crippen LogP contribution in [0.1, 0.15) is 61.0 Å². The Labute approximate surface area is 210 Å². The van der Waals surface area contributed by atoms with Gasteiger partial charge in [0.05, 0.1) is 5.56 Å². The Bertz CT molecular complexity index is 1260. The van der Waals surface area contributed by atoms with Gasteiger partial charge in [0.2, 0.25) is 0 Å². The summed E-state index contributed by atoms with van der Waals surface area (Å²) in [6.45, 7) is 4.60. The summed E-state index contributed by atoms with van der Waals surface area (Å²) in [4.78, 5) is 14.6. The fourth-order valence-corrected chi connectivity index (χ4v) is 5.87. The minimum Gasteiger partial charge on any atom is -0.490 e. The Balaban J connectivity index is 1.21. The number of hydrogen-bond donors (Lipinski definition) is 6. The number of carboxylic acid groups (broad SMARTS) is 1. The molecule has 0 saturated heterocycles. The van der Waals surface area contributed by atoms with Gasteiger partial charge < -0.3 is 35.7 Å². The number of aromatic carboxylic acids is 1. The first-order valence-electron chi connectivity index (χ1n) is 12.7. The van der Waals surface area contributed by atoms with Crippen LogP contribution in [0.5, 0.6) is 5.75 Å². The Hall–Kier alpha value is -3.07. The largest absolute Gasteiger partial charge is 0.490 e. The maximum atomic E-state index is 11.4. The van der Waals surface area contributed by atoms with Gasteiger partial charge in [-0.3, -0.25) is 0 Å². The molecule has 2 aliphatic rings.